The maximum Gasteiger partial charge on any atom is 0.508 e. The van der Waals surface area contributed by atoms with Gasteiger partial charge in [-0.2, -0.15) is 0 Å². The first-order valence-electron chi connectivity index (χ1n) is 13.9. The Bertz CT molecular complexity index is 817. The molecule has 8 nitrogen and oxygen atoms in total. The van der Waals surface area contributed by atoms with E-state index in [0.29, 0.717) is 6.61 Å². The number of carbonyl (C=O) groups excluding carboxylic acids is 2. The minimum absolute atomic E-state index is 0.0829. The summed E-state index contributed by atoms with van der Waals surface area (Å²) in [5.74, 6) is 0.197. The highest BCUT2D eigenvalue weighted by molar-refractivity contribution is 6.74. The highest BCUT2D eigenvalue weighted by Gasteiger charge is 2.54. The topological polar surface area (TPSA) is 95.6 Å². The normalized spacial score (nSPS) is 30.6. The second kappa shape index (κ2) is 11.8. The van der Waals surface area contributed by atoms with E-state index in [1.807, 2.05) is 26.8 Å². The SMILES string of the molecule is C[C@@H](/C=C\C(=O)NC1CCC(COC(=O)OC[C@@H]2C[C@]3(CO3)CC(C)(C)O2)CC1)O[Si](C)(C)C(C)(C)C. The van der Waals surface area contributed by atoms with E-state index in [0.717, 1.165) is 45.1 Å². The van der Waals surface area contributed by atoms with Gasteiger partial charge in [0.15, 0.2) is 8.32 Å². The number of rotatable bonds is 9. The van der Waals surface area contributed by atoms with Gasteiger partial charge in [0.2, 0.25) is 5.91 Å². The standard InChI is InChI=1S/C28H49NO7Si/c1-20(36-37(7,8)26(2,3)4)9-14-24(30)29-22-12-10-21(11-13-22)16-32-25(31)33-17-23-15-28(19-34-28)18-27(5,6)35-23/h9,14,20-23H,10-13,15-19H2,1-8H3,(H,29,30)/b14-9-/t20-,21?,22?,23-,28+/m0/s1. The summed E-state index contributed by atoms with van der Waals surface area (Å²) in [6.07, 6.45) is 7.66. The third-order valence-electron chi connectivity index (χ3n) is 8.21. The minimum Gasteiger partial charge on any atom is -0.434 e. The molecule has 37 heavy (non-hydrogen) atoms. The van der Waals surface area contributed by atoms with Crippen LogP contribution in [-0.2, 0) is 28.2 Å². The average Bonchev–Trinajstić information content (AvgIpc) is 3.51. The molecule has 1 amide bonds. The second-order valence-electron chi connectivity index (χ2n) is 13.4. The van der Waals surface area contributed by atoms with Crippen molar-refractivity contribution in [3.8, 4) is 0 Å². The molecule has 212 valence electrons. The summed E-state index contributed by atoms with van der Waals surface area (Å²) < 4.78 is 28.7. The number of nitrogens with one attached hydrogen (secondary N) is 1. The van der Waals surface area contributed by atoms with Gasteiger partial charge in [-0.05, 0) is 70.5 Å². The highest BCUT2D eigenvalue weighted by Crippen LogP contribution is 2.46. The predicted octanol–water partition coefficient (Wildman–Crippen LogP) is 5.51. The Morgan fingerprint density at radius 1 is 1.11 bits per heavy atom. The quantitative estimate of drug-likeness (QED) is 0.179. The Morgan fingerprint density at radius 2 is 1.73 bits per heavy atom. The largest absolute Gasteiger partial charge is 0.508 e. The lowest BCUT2D eigenvalue weighted by Gasteiger charge is -2.39. The number of amides is 1. The van der Waals surface area contributed by atoms with Crippen molar-refractivity contribution in [3.05, 3.63) is 12.2 Å². The summed E-state index contributed by atoms with van der Waals surface area (Å²) in [5, 5.41) is 3.23. The van der Waals surface area contributed by atoms with Gasteiger partial charge in [-0.25, -0.2) is 4.79 Å². The highest BCUT2D eigenvalue weighted by atomic mass is 28.4. The average molecular weight is 540 g/mol. The van der Waals surface area contributed by atoms with Crippen molar-refractivity contribution in [1.29, 1.82) is 0 Å². The van der Waals surface area contributed by atoms with Crippen molar-refractivity contribution in [2.24, 2.45) is 5.92 Å². The Hall–Kier alpha value is -1.42. The van der Waals surface area contributed by atoms with Gasteiger partial charge < -0.3 is 28.7 Å². The first-order chi connectivity index (χ1) is 17.1. The van der Waals surface area contributed by atoms with Gasteiger partial charge in [-0.1, -0.05) is 26.8 Å². The molecule has 3 aliphatic rings. The number of hydrogen-bond donors (Lipinski definition) is 1. The van der Waals surface area contributed by atoms with Crippen molar-refractivity contribution < 1.29 is 33.0 Å². The lowest BCUT2D eigenvalue weighted by atomic mass is 9.86. The molecule has 2 saturated heterocycles. The molecule has 0 aromatic heterocycles. The summed E-state index contributed by atoms with van der Waals surface area (Å²) in [5.41, 5.74) is -0.381. The van der Waals surface area contributed by atoms with Gasteiger partial charge >= 0.3 is 6.16 Å². The Morgan fingerprint density at radius 3 is 2.32 bits per heavy atom. The first kappa shape index (κ1) is 30.1. The third kappa shape index (κ3) is 9.37. The van der Waals surface area contributed by atoms with E-state index in [2.05, 4.69) is 39.2 Å². The molecule has 0 aromatic rings. The zero-order chi connectivity index (χ0) is 27.5. The van der Waals surface area contributed by atoms with Crippen molar-refractivity contribution >= 4 is 20.4 Å². The van der Waals surface area contributed by atoms with Crippen LogP contribution in [0.2, 0.25) is 18.1 Å². The molecule has 3 atom stereocenters. The molecule has 1 saturated carbocycles. The van der Waals surface area contributed by atoms with Crippen LogP contribution in [0, 0.1) is 5.92 Å². The van der Waals surface area contributed by atoms with Gasteiger partial charge in [0.1, 0.15) is 6.61 Å². The van der Waals surface area contributed by atoms with E-state index >= 15 is 0 Å². The Kier molecular flexibility index (Phi) is 9.57. The van der Waals surface area contributed by atoms with E-state index in [-0.39, 0.29) is 52.9 Å². The molecule has 9 heteroatoms. The van der Waals surface area contributed by atoms with Crippen LogP contribution >= 0.6 is 0 Å². The second-order valence-corrected chi connectivity index (χ2v) is 18.1. The molecule has 0 aromatic carbocycles. The summed E-state index contributed by atoms with van der Waals surface area (Å²) >= 11 is 0. The van der Waals surface area contributed by atoms with Crippen molar-refractivity contribution in [2.75, 3.05) is 19.8 Å². The fourth-order valence-corrected chi connectivity index (χ4v) is 6.59. The van der Waals surface area contributed by atoms with Crippen LogP contribution in [0.4, 0.5) is 4.79 Å². The van der Waals surface area contributed by atoms with Gasteiger partial charge in [-0.3, -0.25) is 4.79 Å². The molecule has 2 aliphatic heterocycles. The number of epoxide rings is 1. The van der Waals surface area contributed by atoms with Crippen LogP contribution in [0.3, 0.4) is 0 Å². The lowest BCUT2D eigenvalue weighted by molar-refractivity contribution is -0.147. The number of carbonyl (C=O) groups is 2. The third-order valence-corrected chi connectivity index (χ3v) is 12.8. The fourth-order valence-electron chi connectivity index (χ4n) is 5.23. The maximum absolute atomic E-state index is 12.4. The molecule has 0 bridgehead atoms. The minimum atomic E-state index is -1.87. The molecule has 1 spiro atoms. The summed E-state index contributed by atoms with van der Waals surface area (Å²) in [4.78, 5) is 24.6. The zero-order valence-electron chi connectivity index (χ0n) is 24.2. The predicted molar refractivity (Wildman–Crippen MR) is 145 cm³/mol. The molecule has 0 radical (unpaired) electrons. The van der Waals surface area contributed by atoms with Gasteiger partial charge in [0, 0.05) is 25.0 Å². The van der Waals surface area contributed by atoms with Crippen molar-refractivity contribution in [1.82, 2.24) is 5.32 Å². The molecule has 0 unspecified atom stereocenters. The van der Waals surface area contributed by atoms with Gasteiger partial charge in [0.05, 0.1) is 36.6 Å². The molecule has 1 N–H and O–H groups in total. The fraction of sp³-hybridized carbons (Fsp3) is 0.857. The Labute approximate surface area is 224 Å². The molecular weight excluding hydrogens is 490 g/mol. The van der Waals surface area contributed by atoms with Crippen molar-refractivity contribution in [3.63, 3.8) is 0 Å². The van der Waals surface area contributed by atoms with Gasteiger partial charge in [-0.15, -0.1) is 0 Å². The summed E-state index contributed by atoms with van der Waals surface area (Å²) in [6, 6.07) is 0.140. The Balaban J connectivity index is 1.29. The maximum atomic E-state index is 12.4. The van der Waals surface area contributed by atoms with E-state index in [4.69, 9.17) is 23.4 Å². The zero-order valence-corrected chi connectivity index (χ0v) is 25.2. The smallest absolute Gasteiger partial charge is 0.434 e. The van der Waals surface area contributed by atoms with E-state index < -0.39 is 14.5 Å². The first-order valence-corrected chi connectivity index (χ1v) is 16.8. The lowest BCUT2D eigenvalue weighted by Crippen LogP contribution is -2.45. The van der Waals surface area contributed by atoms with Crippen LogP contribution in [0.25, 0.3) is 0 Å². The monoisotopic (exact) mass is 539 g/mol. The van der Waals surface area contributed by atoms with E-state index in [9.17, 15) is 9.59 Å². The molecular formula is C28H49NO7Si. The van der Waals surface area contributed by atoms with Crippen LogP contribution in [0.1, 0.15) is 80.1 Å². The number of hydrogen-bond acceptors (Lipinski definition) is 7. The van der Waals surface area contributed by atoms with Crippen LogP contribution in [-0.4, -0.2) is 69.7 Å². The molecule has 3 fully saturated rings. The van der Waals surface area contributed by atoms with Crippen molar-refractivity contribution in [2.45, 2.75) is 128 Å². The van der Waals surface area contributed by atoms with Crippen LogP contribution in [0.5, 0.6) is 0 Å². The van der Waals surface area contributed by atoms with E-state index in [1.54, 1.807) is 6.08 Å². The summed E-state index contributed by atoms with van der Waals surface area (Å²) in [6.45, 7) is 18.4. The number of ether oxygens (including phenoxy) is 4. The summed E-state index contributed by atoms with van der Waals surface area (Å²) in [7, 11) is -1.87. The molecule has 1 aliphatic carbocycles. The van der Waals surface area contributed by atoms with Gasteiger partial charge in [0.25, 0.3) is 0 Å². The van der Waals surface area contributed by atoms with Crippen LogP contribution < -0.4 is 5.32 Å². The molecule has 3 rings (SSSR count). The molecule has 2 heterocycles. The van der Waals surface area contributed by atoms with E-state index in [1.165, 1.54) is 0 Å². The van der Waals surface area contributed by atoms with Crippen LogP contribution in [0.15, 0.2) is 12.2 Å².